The number of nitro benzene ring substituents is 1. The molecule has 0 aliphatic heterocycles. The molecule has 2 aromatic heterocycles. The molecule has 0 saturated heterocycles. The van der Waals surface area contributed by atoms with Crippen molar-refractivity contribution in [3.05, 3.63) is 45.8 Å². The molecule has 3 aromatic rings. The number of nitrogens with zero attached hydrogens (tertiary/aromatic N) is 4. The van der Waals surface area contributed by atoms with Gasteiger partial charge in [0.15, 0.2) is 10.8 Å². The molecular formula is C13H11N5O3S. The first-order chi connectivity index (χ1) is 10.4. The molecule has 1 aromatic carbocycles. The highest BCUT2D eigenvalue weighted by Crippen LogP contribution is 2.29. The topological polar surface area (TPSA) is 103 Å². The van der Waals surface area contributed by atoms with Crippen LogP contribution in [0.4, 0.5) is 10.8 Å². The summed E-state index contributed by atoms with van der Waals surface area (Å²) in [4.78, 5) is 26.6. The lowest BCUT2D eigenvalue weighted by atomic mass is 10.3. The van der Waals surface area contributed by atoms with Crippen molar-refractivity contribution >= 4 is 38.3 Å². The lowest BCUT2D eigenvalue weighted by Gasteiger charge is -1.96. The maximum Gasteiger partial charge on any atom is 0.277 e. The number of carbonyl (C=O) groups is 1. The number of aromatic nitrogens is 3. The van der Waals surface area contributed by atoms with Crippen molar-refractivity contribution in [2.45, 2.75) is 6.92 Å². The Hall–Kier alpha value is -2.81. The van der Waals surface area contributed by atoms with Crippen molar-refractivity contribution in [1.29, 1.82) is 0 Å². The van der Waals surface area contributed by atoms with Gasteiger partial charge in [-0.15, -0.1) is 0 Å². The summed E-state index contributed by atoms with van der Waals surface area (Å²) in [5.74, 6) is -0.364. The van der Waals surface area contributed by atoms with Gasteiger partial charge in [-0.2, -0.15) is 5.10 Å². The monoisotopic (exact) mass is 317 g/mol. The van der Waals surface area contributed by atoms with Gasteiger partial charge >= 0.3 is 0 Å². The van der Waals surface area contributed by atoms with E-state index in [9.17, 15) is 14.9 Å². The Morgan fingerprint density at radius 2 is 2.18 bits per heavy atom. The number of non-ortho nitro benzene ring substituents is 1. The smallest absolute Gasteiger partial charge is 0.277 e. The van der Waals surface area contributed by atoms with Gasteiger partial charge in [-0.05, 0) is 19.1 Å². The molecule has 0 atom stereocenters. The second-order valence-electron chi connectivity index (χ2n) is 4.68. The lowest BCUT2D eigenvalue weighted by molar-refractivity contribution is -0.384. The fourth-order valence-corrected chi connectivity index (χ4v) is 2.76. The molecule has 1 amide bonds. The van der Waals surface area contributed by atoms with Crippen LogP contribution >= 0.6 is 11.3 Å². The number of rotatable bonds is 3. The third-order valence-corrected chi connectivity index (χ3v) is 4.10. The minimum absolute atomic E-state index is 0.0315. The van der Waals surface area contributed by atoms with Crippen LogP contribution in [-0.4, -0.2) is 25.6 Å². The van der Waals surface area contributed by atoms with Gasteiger partial charge in [0.25, 0.3) is 11.6 Å². The van der Waals surface area contributed by atoms with E-state index in [4.69, 9.17) is 0 Å². The van der Waals surface area contributed by atoms with Crippen LogP contribution in [-0.2, 0) is 7.05 Å². The first-order valence-corrected chi connectivity index (χ1v) is 7.12. The molecule has 112 valence electrons. The molecular weight excluding hydrogens is 306 g/mol. The highest BCUT2D eigenvalue weighted by atomic mass is 32.1. The second-order valence-corrected chi connectivity index (χ2v) is 5.71. The number of benzene rings is 1. The second kappa shape index (κ2) is 5.19. The Balaban J connectivity index is 1.87. The summed E-state index contributed by atoms with van der Waals surface area (Å²) in [5.41, 5.74) is 1.61. The van der Waals surface area contributed by atoms with Crippen LogP contribution in [0.2, 0.25) is 0 Å². The zero-order chi connectivity index (χ0) is 15.9. The third-order valence-electron chi connectivity index (χ3n) is 3.15. The Labute approximate surface area is 128 Å². The van der Waals surface area contributed by atoms with Gasteiger partial charge in [0, 0.05) is 24.9 Å². The molecule has 3 rings (SSSR count). The average molecular weight is 317 g/mol. The van der Waals surface area contributed by atoms with E-state index in [0.717, 1.165) is 10.4 Å². The zero-order valence-electron chi connectivity index (χ0n) is 11.7. The van der Waals surface area contributed by atoms with Crippen molar-refractivity contribution in [2.75, 3.05) is 5.32 Å². The SMILES string of the molecule is Cc1cc(C(=O)Nc2nc3cc([N+](=O)[O-])ccc3s2)nn1C. The van der Waals surface area contributed by atoms with E-state index in [-0.39, 0.29) is 11.6 Å². The number of hydrogen-bond donors (Lipinski definition) is 1. The highest BCUT2D eigenvalue weighted by molar-refractivity contribution is 7.22. The van der Waals surface area contributed by atoms with Crippen molar-refractivity contribution in [3.8, 4) is 0 Å². The molecule has 0 fully saturated rings. The van der Waals surface area contributed by atoms with E-state index >= 15 is 0 Å². The fourth-order valence-electron chi connectivity index (χ4n) is 1.92. The molecule has 9 heteroatoms. The number of aryl methyl sites for hydroxylation is 2. The maximum absolute atomic E-state index is 12.1. The minimum atomic E-state index is -0.478. The molecule has 0 aliphatic rings. The molecule has 0 saturated carbocycles. The van der Waals surface area contributed by atoms with E-state index in [1.807, 2.05) is 6.92 Å². The number of nitro groups is 1. The zero-order valence-corrected chi connectivity index (χ0v) is 12.5. The number of nitrogens with one attached hydrogen (secondary N) is 1. The molecule has 0 bridgehead atoms. The third kappa shape index (κ3) is 2.53. The van der Waals surface area contributed by atoms with Gasteiger partial charge in [0.05, 0.1) is 15.1 Å². The summed E-state index contributed by atoms with van der Waals surface area (Å²) in [6.45, 7) is 1.85. The van der Waals surface area contributed by atoms with Crippen LogP contribution in [0.15, 0.2) is 24.3 Å². The number of carbonyl (C=O) groups excluding carboxylic acids is 1. The van der Waals surface area contributed by atoms with Gasteiger partial charge in [0.2, 0.25) is 0 Å². The molecule has 1 N–H and O–H groups in total. The van der Waals surface area contributed by atoms with Crippen molar-refractivity contribution in [1.82, 2.24) is 14.8 Å². The fraction of sp³-hybridized carbons (Fsp3) is 0.154. The first kappa shape index (κ1) is 14.1. The maximum atomic E-state index is 12.1. The molecule has 8 nitrogen and oxygen atoms in total. The van der Waals surface area contributed by atoms with E-state index in [1.165, 1.54) is 23.5 Å². The Morgan fingerprint density at radius 3 is 2.82 bits per heavy atom. The quantitative estimate of drug-likeness (QED) is 0.590. The lowest BCUT2D eigenvalue weighted by Crippen LogP contribution is -2.12. The number of amides is 1. The summed E-state index contributed by atoms with van der Waals surface area (Å²) < 4.78 is 2.37. The minimum Gasteiger partial charge on any atom is -0.296 e. The summed E-state index contributed by atoms with van der Waals surface area (Å²) in [5, 5.41) is 17.9. The predicted molar refractivity (Wildman–Crippen MR) is 82.2 cm³/mol. The molecule has 0 radical (unpaired) electrons. The molecule has 0 aliphatic carbocycles. The van der Waals surface area contributed by atoms with Crippen LogP contribution in [0.25, 0.3) is 10.2 Å². The van der Waals surface area contributed by atoms with Gasteiger partial charge in [-0.25, -0.2) is 4.98 Å². The van der Waals surface area contributed by atoms with Crippen molar-refractivity contribution in [2.24, 2.45) is 7.05 Å². The number of thiazole rings is 1. The summed E-state index contributed by atoms with van der Waals surface area (Å²) in [6, 6.07) is 6.08. The van der Waals surface area contributed by atoms with E-state index in [0.29, 0.717) is 16.3 Å². The average Bonchev–Trinajstić information content (AvgIpc) is 3.01. The highest BCUT2D eigenvalue weighted by Gasteiger charge is 2.15. The van der Waals surface area contributed by atoms with Crippen LogP contribution < -0.4 is 5.32 Å². The van der Waals surface area contributed by atoms with E-state index in [2.05, 4.69) is 15.4 Å². The Morgan fingerprint density at radius 1 is 1.41 bits per heavy atom. The van der Waals surface area contributed by atoms with Crippen LogP contribution in [0, 0.1) is 17.0 Å². The predicted octanol–water partition coefficient (Wildman–Crippen LogP) is 2.50. The van der Waals surface area contributed by atoms with Crippen molar-refractivity contribution in [3.63, 3.8) is 0 Å². The van der Waals surface area contributed by atoms with Crippen molar-refractivity contribution < 1.29 is 9.72 Å². The standard InChI is InChI=1S/C13H11N5O3S/c1-7-5-10(16-17(7)2)12(19)15-13-14-9-6-8(18(20)21)3-4-11(9)22-13/h3-6H,1-2H3,(H,14,15,19). The van der Waals surface area contributed by atoms with Gasteiger partial charge in [-0.1, -0.05) is 11.3 Å². The van der Waals surface area contributed by atoms with Gasteiger partial charge in [-0.3, -0.25) is 24.9 Å². The summed E-state index contributed by atoms with van der Waals surface area (Å²) >= 11 is 1.25. The summed E-state index contributed by atoms with van der Waals surface area (Å²) in [6.07, 6.45) is 0. The first-order valence-electron chi connectivity index (χ1n) is 6.31. The normalized spacial score (nSPS) is 10.8. The largest absolute Gasteiger partial charge is 0.296 e. The Bertz CT molecular complexity index is 879. The van der Waals surface area contributed by atoms with E-state index < -0.39 is 4.92 Å². The van der Waals surface area contributed by atoms with Crippen LogP contribution in [0.5, 0.6) is 0 Å². The van der Waals surface area contributed by atoms with E-state index in [1.54, 1.807) is 23.9 Å². The number of fused-ring (bicyclic) bond motifs is 1. The summed E-state index contributed by atoms with van der Waals surface area (Å²) in [7, 11) is 1.75. The van der Waals surface area contributed by atoms with Crippen LogP contribution in [0.3, 0.4) is 0 Å². The molecule has 2 heterocycles. The van der Waals surface area contributed by atoms with Gasteiger partial charge in [0.1, 0.15) is 0 Å². The number of anilines is 1. The molecule has 0 unspecified atom stereocenters. The van der Waals surface area contributed by atoms with Crippen LogP contribution in [0.1, 0.15) is 16.2 Å². The molecule has 0 spiro atoms. The van der Waals surface area contributed by atoms with Gasteiger partial charge < -0.3 is 0 Å². The Kier molecular flexibility index (Phi) is 3.33. The number of hydrogen-bond acceptors (Lipinski definition) is 6. The molecule has 22 heavy (non-hydrogen) atoms.